The molecule has 0 radical (unpaired) electrons. The number of hydrogen-bond donors (Lipinski definition) is 1. The van der Waals surface area contributed by atoms with Crippen molar-refractivity contribution in [2.24, 2.45) is 5.73 Å². The molecule has 0 unspecified atom stereocenters. The number of nitrogens with zero attached hydrogens (tertiary/aromatic N) is 1. The van der Waals surface area contributed by atoms with E-state index in [1.54, 1.807) is 6.20 Å². The van der Waals surface area contributed by atoms with Crippen LogP contribution < -0.4 is 10.5 Å². The summed E-state index contributed by atoms with van der Waals surface area (Å²) in [6.45, 7) is 4.39. The SMILES string of the molecule is CCc1cc(Oc2cc(C)ncc2CN)ccc1Cl. The van der Waals surface area contributed by atoms with Gasteiger partial charge in [0, 0.05) is 35.1 Å². The van der Waals surface area contributed by atoms with Gasteiger partial charge in [-0.1, -0.05) is 18.5 Å². The van der Waals surface area contributed by atoms with Crippen LogP contribution in [0.4, 0.5) is 0 Å². The van der Waals surface area contributed by atoms with E-state index in [-0.39, 0.29) is 0 Å². The Morgan fingerprint density at radius 2 is 2.05 bits per heavy atom. The minimum Gasteiger partial charge on any atom is -0.457 e. The molecule has 2 aromatic rings. The molecule has 2 rings (SSSR count). The van der Waals surface area contributed by atoms with Crippen molar-refractivity contribution in [2.75, 3.05) is 0 Å². The highest BCUT2D eigenvalue weighted by molar-refractivity contribution is 6.31. The molecular weight excluding hydrogens is 260 g/mol. The number of ether oxygens (including phenoxy) is 1. The van der Waals surface area contributed by atoms with Gasteiger partial charge in [0.15, 0.2) is 0 Å². The molecule has 0 aliphatic carbocycles. The summed E-state index contributed by atoms with van der Waals surface area (Å²) < 4.78 is 5.90. The summed E-state index contributed by atoms with van der Waals surface area (Å²) in [6, 6.07) is 7.56. The first-order valence-electron chi connectivity index (χ1n) is 6.26. The smallest absolute Gasteiger partial charge is 0.135 e. The molecule has 19 heavy (non-hydrogen) atoms. The van der Waals surface area contributed by atoms with E-state index in [2.05, 4.69) is 11.9 Å². The molecule has 0 amide bonds. The topological polar surface area (TPSA) is 48.1 Å². The quantitative estimate of drug-likeness (QED) is 0.922. The van der Waals surface area contributed by atoms with Crippen molar-refractivity contribution in [1.29, 1.82) is 0 Å². The molecule has 0 aliphatic heterocycles. The van der Waals surface area contributed by atoms with Crippen LogP contribution in [0.1, 0.15) is 23.7 Å². The van der Waals surface area contributed by atoms with Gasteiger partial charge in [-0.25, -0.2) is 0 Å². The van der Waals surface area contributed by atoms with Crippen molar-refractivity contribution >= 4 is 11.6 Å². The number of pyridine rings is 1. The van der Waals surface area contributed by atoms with Gasteiger partial charge in [0.05, 0.1) is 0 Å². The predicted octanol–water partition coefficient (Wildman–Crippen LogP) is 3.86. The Morgan fingerprint density at radius 1 is 1.26 bits per heavy atom. The zero-order valence-corrected chi connectivity index (χ0v) is 11.9. The van der Waals surface area contributed by atoms with Crippen molar-refractivity contribution in [3.63, 3.8) is 0 Å². The third-order valence-electron chi connectivity index (χ3n) is 2.93. The molecule has 3 nitrogen and oxygen atoms in total. The van der Waals surface area contributed by atoms with Gasteiger partial charge in [-0.15, -0.1) is 0 Å². The Labute approximate surface area is 118 Å². The Balaban J connectivity index is 2.33. The van der Waals surface area contributed by atoms with Crippen molar-refractivity contribution in [3.8, 4) is 11.5 Å². The van der Waals surface area contributed by atoms with E-state index in [1.165, 1.54) is 0 Å². The molecule has 100 valence electrons. The molecule has 0 atom stereocenters. The fourth-order valence-corrected chi connectivity index (χ4v) is 2.08. The highest BCUT2D eigenvalue weighted by Crippen LogP contribution is 2.28. The maximum Gasteiger partial charge on any atom is 0.135 e. The number of benzene rings is 1. The molecule has 0 spiro atoms. The fraction of sp³-hybridized carbons (Fsp3) is 0.267. The molecule has 2 N–H and O–H groups in total. The van der Waals surface area contributed by atoms with Gasteiger partial charge in [-0.3, -0.25) is 4.98 Å². The molecular formula is C15H17ClN2O. The molecule has 0 aliphatic rings. The standard InChI is InChI=1S/C15H17ClN2O/c1-3-11-7-13(4-5-14(11)16)19-15-6-10(2)18-9-12(15)8-17/h4-7,9H,3,8,17H2,1-2H3. The molecule has 1 aromatic heterocycles. The van der Waals surface area contributed by atoms with Crippen LogP contribution in [0.5, 0.6) is 11.5 Å². The average Bonchev–Trinajstić information content (AvgIpc) is 2.41. The molecule has 1 aromatic carbocycles. The lowest BCUT2D eigenvalue weighted by Crippen LogP contribution is -2.01. The molecule has 0 saturated carbocycles. The summed E-state index contributed by atoms with van der Waals surface area (Å²) in [5, 5.41) is 0.764. The lowest BCUT2D eigenvalue weighted by atomic mass is 10.1. The Morgan fingerprint density at radius 3 is 2.74 bits per heavy atom. The molecule has 4 heteroatoms. The molecule has 1 heterocycles. The summed E-state index contributed by atoms with van der Waals surface area (Å²) in [6.07, 6.45) is 2.62. The maximum atomic E-state index is 6.10. The number of aryl methyl sites for hydroxylation is 2. The van der Waals surface area contributed by atoms with Gasteiger partial charge in [-0.2, -0.15) is 0 Å². The van der Waals surface area contributed by atoms with Crippen molar-refractivity contribution in [3.05, 3.63) is 52.3 Å². The summed E-state index contributed by atoms with van der Waals surface area (Å²) in [7, 11) is 0. The van der Waals surface area contributed by atoms with Crippen molar-refractivity contribution in [2.45, 2.75) is 26.8 Å². The van der Waals surface area contributed by atoms with E-state index >= 15 is 0 Å². The van der Waals surface area contributed by atoms with Crippen LogP contribution in [0.25, 0.3) is 0 Å². The zero-order valence-electron chi connectivity index (χ0n) is 11.1. The third kappa shape index (κ3) is 3.25. The molecule has 0 fully saturated rings. The first kappa shape index (κ1) is 13.8. The summed E-state index contributed by atoms with van der Waals surface area (Å²) in [5.74, 6) is 1.51. The summed E-state index contributed by atoms with van der Waals surface area (Å²) in [4.78, 5) is 4.22. The van der Waals surface area contributed by atoms with Crippen molar-refractivity contribution < 1.29 is 4.74 Å². The van der Waals surface area contributed by atoms with E-state index < -0.39 is 0 Å². The van der Waals surface area contributed by atoms with E-state index in [0.29, 0.717) is 6.54 Å². The second-order valence-corrected chi connectivity index (χ2v) is 4.75. The highest BCUT2D eigenvalue weighted by Gasteiger charge is 2.07. The molecule has 0 bridgehead atoms. The second-order valence-electron chi connectivity index (χ2n) is 4.35. The maximum absolute atomic E-state index is 6.10. The zero-order chi connectivity index (χ0) is 13.8. The van der Waals surface area contributed by atoms with Gasteiger partial charge in [0.1, 0.15) is 11.5 Å². The summed E-state index contributed by atoms with van der Waals surface area (Å²) in [5.41, 5.74) is 8.55. The lowest BCUT2D eigenvalue weighted by molar-refractivity contribution is 0.474. The van der Waals surface area contributed by atoms with E-state index in [4.69, 9.17) is 22.1 Å². The van der Waals surface area contributed by atoms with E-state index in [9.17, 15) is 0 Å². The first-order chi connectivity index (χ1) is 9.13. The minimum atomic E-state index is 0.400. The van der Waals surface area contributed by atoms with E-state index in [1.807, 2.05) is 31.2 Å². The van der Waals surface area contributed by atoms with Gasteiger partial charge >= 0.3 is 0 Å². The second kappa shape index (κ2) is 6.04. The highest BCUT2D eigenvalue weighted by atomic mass is 35.5. The monoisotopic (exact) mass is 276 g/mol. The minimum absolute atomic E-state index is 0.400. The van der Waals surface area contributed by atoms with Gasteiger partial charge in [0.2, 0.25) is 0 Å². The van der Waals surface area contributed by atoms with Crippen LogP contribution in [0.3, 0.4) is 0 Å². The van der Waals surface area contributed by atoms with E-state index in [0.717, 1.165) is 39.8 Å². The van der Waals surface area contributed by atoms with Crippen molar-refractivity contribution in [1.82, 2.24) is 4.98 Å². The van der Waals surface area contributed by atoms with Gasteiger partial charge in [0.25, 0.3) is 0 Å². The molecule has 0 saturated heterocycles. The number of aromatic nitrogens is 1. The van der Waals surface area contributed by atoms with Crippen LogP contribution in [0, 0.1) is 6.92 Å². The largest absolute Gasteiger partial charge is 0.457 e. The van der Waals surface area contributed by atoms with Crippen LogP contribution in [-0.4, -0.2) is 4.98 Å². The number of nitrogens with two attached hydrogens (primary N) is 1. The van der Waals surface area contributed by atoms with Crippen LogP contribution >= 0.6 is 11.6 Å². The van der Waals surface area contributed by atoms with Gasteiger partial charge in [-0.05, 0) is 37.1 Å². The number of hydrogen-bond acceptors (Lipinski definition) is 3. The van der Waals surface area contributed by atoms with Crippen LogP contribution in [-0.2, 0) is 13.0 Å². The Bertz CT molecular complexity index is 584. The lowest BCUT2D eigenvalue weighted by Gasteiger charge is -2.12. The Hall–Kier alpha value is -1.58. The average molecular weight is 277 g/mol. The fourth-order valence-electron chi connectivity index (χ4n) is 1.82. The first-order valence-corrected chi connectivity index (χ1v) is 6.63. The normalized spacial score (nSPS) is 10.5. The third-order valence-corrected chi connectivity index (χ3v) is 3.30. The summed E-state index contributed by atoms with van der Waals surface area (Å²) >= 11 is 6.10. The number of rotatable bonds is 4. The van der Waals surface area contributed by atoms with Gasteiger partial charge < -0.3 is 10.5 Å². The van der Waals surface area contributed by atoms with Crippen LogP contribution in [0.2, 0.25) is 5.02 Å². The predicted molar refractivity (Wildman–Crippen MR) is 77.8 cm³/mol. The number of halogens is 1. The Kier molecular flexibility index (Phi) is 4.40. The van der Waals surface area contributed by atoms with Crippen LogP contribution in [0.15, 0.2) is 30.5 Å².